The van der Waals surface area contributed by atoms with Crippen molar-refractivity contribution in [2.24, 2.45) is 11.8 Å². The number of ether oxygens (including phenoxy) is 3. The van der Waals surface area contributed by atoms with Gasteiger partial charge in [-0.05, 0) is 76.3 Å². The summed E-state index contributed by atoms with van der Waals surface area (Å²) >= 11 is 8.33. The minimum atomic E-state index is -3.90. The van der Waals surface area contributed by atoms with Gasteiger partial charge in [0.2, 0.25) is 21.8 Å². The number of fused-ring (bicyclic) bond motifs is 2. The maximum atomic E-state index is 15.0. The average molecular weight is 888 g/mol. The quantitative estimate of drug-likeness (QED) is 0.205. The van der Waals surface area contributed by atoms with Crippen molar-refractivity contribution in [1.29, 1.82) is 0 Å². The number of nitrogens with one attached hydrogen (secondary N) is 2. The number of methoxy groups -OCH3 is 1. The smallest absolute Gasteiger partial charge is 0.410 e. The molecular weight excluding hydrogens is 832 g/mol. The highest BCUT2D eigenvalue weighted by molar-refractivity contribution is 7.91. The highest BCUT2D eigenvalue weighted by Crippen LogP contribution is 2.48. The number of sulfonamides is 1. The van der Waals surface area contributed by atoms with Crippen LogP contribution in [0.25, 0.3) is 21.6 Å². The molecule has 2 aromatic heterocycles. The maximum Gasteiger partial charge on any atom is 0.410 e. The summed E-state index contributed by atoms with van der Waals surface area (Å²) in [6, 6.07) is 2.45. The van der Waals surface area contributed by atoms with Crippen molar-refractivity contribution in [3.63, 3.8) is 0 Å². The number of aromatic nitrogens is 2. The van der Waals surface area contributed by atoms with E-state index in [1.165, 1.54) is 28.2 Å². The molecule has 4 amide bonds. The largest absolute Gasteiger partial charge is 0.495 e. The summed E-state index contributed by atoms with van der Waals surface area (Å²) in [5.74, 6) is -1.54. The summed E-state index contributed by atoms with van der Waals surface area (Å²) in [7, 11) is -2.38. The van der Waals surface area contributed by atoms with Crippen LogP contribution < -0.4 is 19.5 Å². The average Bonchev–Trinajstić information content (AvgIpc) is 4.07. The number of halogens is 1. The van der Waals surface area contributed by atoms with Gasteiger partial charge in [-0.2, -0.15) is 0 Å². The van der Waals surface area contributed by atoms with Crippen molar-refractivity contribution in [2.75, 3.05) is 13.7 Å². The molecule has 1 aromatic carbocycles. The van der Waals surface area contributed by atoms with Gasteiger partial charge in [0.05, 0.1) is 29.6 Å². The lowest BCUT2D eigenvalue weighted by molar-refractivity contribution is -0.145. The highest BCUT2D eigenvalue weighted by atomic mass is 35.5. The molecule has 3 aromatic rings. The van der Waals surface area contributed by atoms with Crippen molar-refractivity contribution in [3.05, 3.63) is 34.3 Å². The fourth-order valence-electron chi connectivity index (χ4n) is 8.47. The van der Waals surface area contributed by atoms with E-state index < -0.39 is 74.5 Å². The Morgan fingerprint density at radius 1 is 1.08 bits per heavy atom. The highest BCUT2D eigenvalue weighted by Gasteiger charge is 2.63. The number of pyridine rings is 1. The zero-order valence-electron chi connectivity index (χ0n) is 35.5. The first-order valence-electron chi connectivity index (χ1n) is 20.7. The van der Waals surface area contributed by atoms with Crippen LogP contribution in [0.4, 0.5) is 4.79 Å². The van der Waals surface area contributed by atoms with Crippen LogP contribution in [0, 0.1) is 11.8 Å². The van der Waals surface area contributed by atoms with Crippen LogP contribution in [0.2, 0.25) is 5.02 Å². The Labute approximate surface area is 360 Å². The second-order valence-corrected chi connectivity index (χ2v) is 21.2. The normalized spacial score (nSPS) is 25.6. The van der Waals surface area contributed by atoms with Crippen LogP contribution in [0.1, 0.15) is 106 Å². The van der Waals surface area contributed by atoms with Gasteiger partial charge in [0.15, 0.2) is 0 Å². The van der Waals surface area contributed by atoms with Crippen LogP contribution in [-0.4, -0.2) is 106 Å². The van der Waals surface area contributed by atoms with E-state index in [2.05, 4.69) is 23.9 Å². The number of hydrogen-bond donors (Lipinski definition) is 2. The first-order valence-corrected chi connectivity index (χ1v) is 23.5. The minimum absolute atomic E-state index is 0.0339. The van der Waals surface area contributed by atoms with E-state index in [0.717, 1.165) is 5.69 Å². The van der Waals surface area contributed by atoms with E-state index in [-0.39, 0.29) is 48.6 Å². The molecular formula is C42H55ClN6O9S2. The number of carbonyl (C=O) groups is 4. The number of benzene rings is 1. The maximum absolute atomic E-state index is 15.0. The van der Waals surface area contributed by atoms with E-state index in [4.69, 9.17) is 35.8 Å². The molecule has 4 fully saturated rings. The summed E-state index contributed by atoms with van der Waals surface area (Å²) in [5, 5.41) is 5.76. The van der Waals surface area contributed by atoms with Gasteiger partial charge in [-0.3, -0.25) is 24.0 Å². The molecule has 0 bridgehead atoms. The molecule has 15 nitrogen and oxygen atoms in total. The summed E-state index contributed by atoms with van der Waals surface area (Å²) in [4.78, 5) is 70.0. The van der Waals surface area contributed by atoms with Crippen molar-refractivity contribution < 1.29 is 41.8 Å². The molecule has 60 heavy (non-hydrogen) atoms. The van der Waals surface area contributed by atoms with Gasteiger partial charge in [-0.25, -0.2) is 23.2 Å². The van der Waals surface area contributed by atoms with Gasteiger partial charge < -0.3 is 24.4 Å². The predicted molar refractivity (Wildman–Crippen MR) is 227 cm³/mol. The molecule has 4 heterocycles. The fourth-order valence-corrected chi connectivity index (χ4v) is 11.1. The molecule has 6 atom stereocenters. The summed E-state index contributed by atoms with van der Waals surface area (Å²) in [6.45, 7) is 15.0. The van der Waals surface area contributed by atoms with Crippen LogP contribution in [-0.2, 0) is 29.1 Å². The van der Waals surface area contributed by atoms with E-state index in [9.17, 15) is 22.8 Å². The van der Waals surface area contributed by atoms with Crippen molar-refractivity contribution in [3.8, 4) is 22.2 Å². The molecule has 1 unspecified atom stereocenters. The van der Waals surface area contributed by atoms with Gasteiger partial charge in [0, 0.05) is 29.8 Å². The number of hydrogen-bond acceptors (Lipinski definition) is 12. The molecule has 2 aliphatic heterocycles. The monoisotopic (exact) mass is 886 g/mol. The lowest BCUT2D eigenvalue weighted by Crippen LogP contribution is -2.59. The lowest BCUT2D eigenvalue weighted by Gasteiger charge is -2.36. The molecule has 326 valence electrons. The standard InChI is InChI=1S/C42H55ClN6O9S2/c1-10-23-19-42(23,39(52)47-60(54,55)24-11-12-24)46-36(50)29-18-32(28-15-16-48(40(53)58-41(6,7)8)35(22(4)5)38(51)49(28)29)57-31-17-26(37-45-27(20-59-37)21(2)3)44-34-25(31)13-14-30(56-9)33(34)43/h13-14,17,20-24,28-29,32,35H,10-12,15-16,18-19H2,1-9H3,(H,46,50)(H,47,52)/t23-,28-,29+,32-,35?,42-/m1/s1. The zero-order valence-corrected chi connectivity index (χ0v) is 37.9. The van der Waals surface area contributed by atoms with E-state index in [0.29, 0.717) is 52.4 Å². The van der Waals surface area contributed by atoms with Crippen LogP contribution in [0.3, 0.4) is 0 Å². The predicted octanol–water partition coefficient (Wildman–Crippen LogP) is 6.42. The minimum Gasteiger partial charge on any atom is -0.495 e. The van der Waals surface area contributed by atoms with Gasteiger partial charge in [0.25, 0.3) is 5.91 Å². The third-order valence-electron chi connectivity index (χ3n) is 11.9. The zero-order chi connectivity index (χ0) is 43.6. The summed E-state index contributed by atoms with van der Waals surface area (Å²) in [6.07, 6.45) is 0.526. The molecule has 2 saturated heterocycles. The Hall–Kier alpha value is -4.22. The Morgan fingerprint density at radius 2 is 1.80 bits per heavy atom. The molecule has 4 aliphatic rings. The number of thiazole rings is 1. The van der Waals surface area contributed by atoms with Crippen LogP contribution in [0.5, 0.6) is 11.5 Å². The summed E-state index contributed by atoms with van der Waals surface area (Å²) in [5.41, 5.74) is -0.478. The van der Waals surface area contributed by atoms with Crippen molar-refractivity contribution >= 4 is 67.7 Å². The third kappa shape index (κ3) is 8.37. The first-order chi connectivity index (χ1) is 28.2. The molecule has 2 N–H and O–H groups in total. The Balaban J connectivity index is 1.29. The van der Waals surface area contributed by atoms with Gasteiger partial charge in [-0.15, -0.1) is 11.3 Å². The third-order valence-corrected chi connectivity index (χ3v) is 14.9. The molecule has 18 heteroatoms. The van der Waals surface area contributed by atoms with Gasteiger partial charge >= 0.3 is 6.09 Å². The molecule has 2 aliphatic carbocycles. The van der Waals surface area contributed by atoms with E-state index >= 15 is 4.79 Å². The molecule has 2 saturated carbocycles. The lowest BCUT2D eigenvalue weighted by atomic mass is 10.0. The molecule has 0 radical (unpaired) electrons. The first kappa shape index (κ1) is 43.9. The summed E-state index contributed by atoms with van der Waals surface area (Å²) < 4.78 is 46.3. The Morgan fingerprint density at radius 3 is 2.38 bits per heavy atom. The number of nitrogens with zero attached hydrogens (tertiary/aromatic N) is 4. The second kappa shape index (κ2) is 16.2. The van der Waals surface area contributed by atoms with Crippen molar-refractivity contribution in [1.82, 2.24) is 29.8 Å². The molecule has 0 spiro atoms. The van der Waals surface area contributed by atoms with Gasteiger partial charge in [0.1, 0.15) is 56.6 Å². The number of carbonyl (C=O) groups excluding carboxylic acids is 4. The van der Waals surface area contributed by atoms with E-state index in [1.54, 1.807) is 39.0 Å². The van der Waals surface area contributed by atoms with Gasteiger partial charge in [-0.1, -0.05) is 52.6 Å². The number of amides is 4. The number of rotatable bonds is 12. The SMILES string of the molecule is CC[C@@H]1C[C@]1(NC(=O)[C@@H]1C[C@@H](Oc2cc(-c3nc(C(C)C)cs3)nc3c(Cl)c(OC)ccc23)[C@H]2CCN(C(=O)OC(C)(C)C)C(C(C)C)C(=O)N21)C(=O)NS(=O)(=O)C1CC1. The topological polar surface area (TPSA) is 186 Å². The Kier molecular flexibility index (Phi) is 11.9. The van der Waals surface area contributed by atoms with Crippen LogP contribution >= 0.6 is 22.9 Å². The fraction of sp³-hybridized carbons (Fsp3) is 0.619. The van der Waals surface area contributed by atoms with Crippen LogP contribution in [0.15, 0.2) is 23.6 Å². The van der Waals surface area contributed by atoms with E-state index in [1.807, 2.05) is 26.2 Å². The Bertz CT molecular complexity index is 2310. The second-order valence-electron chi connectivity index (χ2n) is 18.0. The van der Waals surface area contributed by atoms with Crippen molar-refractivity contribution in [2.45, 2.75) is 140 Å². The molecule has 7 rings (SSSR count).